The first kappa shape index (κ1) is 8.05. The molecule has 1 aliphatic carbocycles. The molecule has 14 heavy (non-hydrogen) atoms. The van der Waals surface area contributed by atoms with E-state index < -0.39 is 0 Å². The van der Waals surface area contributed by atoms with Crippen molar-refractivity contribution in [3.63, 3.8) is 0 Å². The smallest absolute Gasteiger partial charge is 0.109 e. The van der Waals surface area contributed by atoms with E-state index in [1.165, 1.54) is 18.7 Å². The Hall–Kier alpha value is -1.30. The summed E-state index contributed by atoms with van der Waals surface area (Å²) in [6.07, 6.45) is 7.69. The molecule has 2 aliphatic rings. The number of hydrogen-bond acceptors (Lipinski definition) is 2. The molecule has 0 bridgehead atoms. The van der Waals surface area contributed by atoms with E-state index >= 15 is 0 Å². The van der Waals surface area contributed by atoms with Crippen LogP contribution in [0.15, 0.2) is 6.20 Å². The van der Waals surface area contributed by atoms with Gasteiger partial charge in [-0.3, -0.25) is 0 Å². The summed E-state index contributed by atoms with van der Waals surface area (Å²) < 4.78 is 2.23. The van der Waals surface area contributed by atoms with Crippen LogP contribution in [0.4, 0.5) is 0 Å². The molecule has 1 aliphatic heterocycles. The van der Waals surface area contributed by atoms with Crippen molar-refractivity contribution in [2.24, 2.45) is 0 Å². The highest BCUT2D eigenvalue weighted by Gasteiger charge is 2.47. The lowest BCUT2D eigenvalue weighted by Crippen LogP contribution is -2.08. The van der Waals surface area contributed by atoms with Crippen LogP contribution in [0.5, 0.6) is 0 Å². The monoisotopic (exact) mass is 187 g/mol. The second-order valence-electron chi connectivity index (χ2n) is 4.39. The molecule has 1 aromatic rings. The van der Waals surface area contributed by atoms with Crippen molar-refractivity contribution in [3.8, 4) is 6.07 Å². The second kappa shape index (κ2) is 2.60. The van der Waals surface area contributed by atoms with E-state index in [9.17, 15) is 0 Å². The van der Waals surface area contributed by atoms with Crippen LogP contribution in [0.3, 0.4) is 0 Å². The Morgan fingerprint density at radius 3 is 2.93 bits per heavy atom. The molecule has 3 nitrogen and oxygen atoms in total. The Morgan fingerprint density at radius 2 is 2.29 bits per heavy atom. The number of nitriles is 1. The number of nitrogens with zero attached hydrogens (tertiary/aromatic N) is 3. The summed E-state index contributed by atoms with van der Waals surface area (Å²) in [7, 11) is 0. The molecule has 1 fully saturated rings. The average molecular weight is 187 g/mol. The topological polar surface area (TPSA) is 41.6 Å². The quantitative estimate of drug-likeness (QED) is 0.672. The molecule has 0 N–H and O–H groups in total. The molecule has 0 unspecified atom stereocenters. The minimum Gasteiger partial charge on any atom is -0.335 e. The van der Waals surface area contributed by atoms with Crippen LogP contribution in [0.2, 0.25) is 0 Å². The summed E-state index contributed by atoms with van der Waals surface area (Å²) in [5, 5.41) is 9.07. The normalized spacial score (nSPS) is 22.5. The van der Waals surface area contributed by atoms with E-state index in [2.05, 4.69) is 21.8 Å². The maximum Gasteiger partial charge on any atom is 0.109 e. The SMILES string of the molecule is N#CC1(c2cn3c(n2)CCCC3)CC1. The lowest BCUT2D eigenvalue weighted by Gasteiger charge is -2.11. The number of rotatable bonds is 1. The van der Waals surface area contributed by atoms with E-state index in [1.54, 1.807) is 0 Å². The van der Waals surface area contributed by atoms with Gasteiger partial charge >= 0.3 is 0 Å². The Bertz CT molecular complexity index is 383. The van der Waals surface area contributed by atoms with Gasteiger partial charge in [0, 0.05) is 19.2 Å². The van der Waals surface area contributed by atoms with Crippen LogP contribution in [0.25, 0.3) is 0 Å². The molecular weight excluding hydrogens is 174 g/mol. The van der Waals surface area contributed by atoms with Crippen molar-refractivity contribution in [1.82, 2.24) is 9.55 Å². The van der Waals surface area contributed by atoms with Gasteiger partial charge in [-0.05, 0) is 25.7 Å². The number of hydrogen-bond donors (Lipinski definition) is 0. The van der Waals surface area contributed by atoms with Gasteiger partial charge in [0.2, 0.25) is 0 Å². The maximum atomic E-state index is 9.07. The van der Waals surface area contributed by atoms with Crippen LogP contribution in [-0.4, -0.2) is 9.55 Å². The third-order valence-corrected chi connectivity index (χ3v) is 3.36. The number of aryl methyl sites for hydroxylation is 2. The van der Waals surface area contributed by atoms with E-state index in [0.717, 1.165) is 31.5 Å². The summed E-state index contributed by atoms with van der Waals surface area (Å²) >= 11 is 0. The third-order valence-electron chi connectivity index (χ3n) is 3.36. The molecule has 0 saturated heterocycles. The first-order chi connectivity index (χ1) is 6.84. The highest BCUT2D eigenvalue weighted by atomic mass is 15.1. The van der Waals surface area contributed by atoms with Crippen molar-refractivity contribution >= 4 is 0 Å². The first-order valence-corrected chi connectivity index (χ1v) is 5.32. The van der Waals surface area contributed by atoms with Crippen LogP contribution in [-0.2, 0) is 18.4 Å². The van der Waals surface area contributed by atoms with Gasteiger partial charge in [0.25, 0.3) is 0 Å². The van der Waals surface area contributed by atoms with E-state index in [-0.39, 0.29) is 5.41 Å². The highest BCUT2D eigenvalue weighted by Crippen LogP contribution is 2.47. The minimum atomic E-state index is -0.204. The average Bonchev–Trinajstić information content (AvgIpc) is 2.91. The number of imidazole rings is 1. The zero-order valence-electron chi connectivity index (χ0n) is 8.16. The molecule has 3 rings (SSSR count). The first-order valence-electron chi connectivity index (χ1n) is 5.32. The van der Waals surface area contributed by atoms with Gasteiger partial charge in [0.05, 0.1) is 11.8 Å². The summed E-state index contributed by atoms with van der Waals surface area (Å²) in [6, 6.07) is 2.40. The van der Waals surface area contributed by atoms with Crippen LogP contribution in [0, 0.1) is 11.3 Å². The van der Waals surface area contributed by atoms with Gasteiger partial charge in [0.15, 0.2) is 0 Å². The Morgan fingerprint density at radius 1 is 1.43 bits per heavy atom. The summed E-state index contributed by atoms with van der Waals surface area (Å²) in [5.41, 5.74) is 0.821. The zero-order chi connectivity index (χ0) is 9.60. The Kier molecular flexibility index (Phi) is 1.49. The summed E-state index contributed by atoms with van der Waals surface area (Å²) in [5.74, 6) is 1.19. The predicted molar refractivity (Wildman–Crippen MR) is 51.7 cm³/mol. The lowest BCUT2D eigenvalue weighted by molar-refractivity contribution is 0.522. The lowest BCUT2D eigenvalue weighted by atomic mass is 10.1. The van der Waals surface area contributed by atoms with E-state index in [0.29, 0.717) is 0 Å². The van der Waals surface area contributed by atoms with Crippen molar-refractivity contribution in [1.29, 1.82) is 5.26 Å². The van der Waals surface area contributed by atoms with Crippen LogP contribution >= 0.6 is 0 Å². The minimum absolute atomic E-state index is 0.204. The standard InChI is InChI=1S/C11H13N3/c12-8-11(4-5-11)9-7-14-6-2-1-3-10(14)13-9/h7H,1-6H2. The fourth-order valence-electron chi connectivity index (χ4n) is 2.19. The largest absolute Gasteiger partial charge is 0.335 e. The zero-order valence-corrected chi connectivity index (χ0v) is 8.16. The van der Waals surface area contributed by atoms with Gasteiger partial charge in [-0.2, -0.15) is 5.26 Å². The summed E-state index contributed by atoms with van der Waals surface area (Å²) in [4.78, 5) is 4.60. The van der Waals surface area contributed by atoms with Gasteiger partial charge in [0.1, 0.15) is 11.2 Å². The van der Waals surface area contributed by atoms with Crippen molar-refractivity contribution < 1.29 is 0 Å². The van der Waals surface area contributed by atoms with Gasteiger partial charge in [-0.15, -0.1) is 0 Å². The molecule has 72 valence electrons. The number of aromatic nitrogens is 2. The predicted octanol–water partition coefficient (Wildman–Crippen LogP) is 1.77. The van der Waals surface area contributed by atoms with Crippen molar-refractivity contribution in [2.45, 2.75) is 44.1 Å². The molecule has 0 amide bonds. The van der Waals surface area contributed by atoms with Crippen molar-refractivity contribution in [2.75, 3.05) is 0 Å². The molecule has 0 spiro atoms. The molecule has 0 aromatic carbocycles. The van der Waals surface area contributed by atoms with Crippen LogP contribution in [0.1, 0.15) is 37.2 Å². The van der Waals surface area contributed by atoms with Gasteiger partial charge in [-0.25, -0.2) is 4.98 Å². The fourth-order valence-corrected chi connectivity index (χ4v) is 2.19. The molecule has 3 heteroatoms. The van der Waals surface area contributed by atoms with Gasteiger partial charge < -0.3 is 4.57 Å². The summed E-state index contributed by atoms with van der Waals surface area (Å²) in [6.45, 7) is 1.09. The van der Waals surface area contributed by atoms with Crippen LogP contribution < -0.4 is 0 Å². The maximum absolute atomic E-state index is 9.07. The Balaban J connectivity index is 2.01. The van der Waals surface area contributed by atoms with Gasteiger partial charge in [-0.1, -0.05) is 0 Å². The number of fused-ring (bicyclic) bond motifs is 1. The Labute approximate surface area is 83.4 Å². The molecule has 2 heterocycles. The fraction of sp³-hybridized carbons (Fsp3) is 0.636. The third kappa shape index (κ3) is 1.00. The second-order valence-corrected chi connectivity index (χ2v) is 4.39. The molecule has 0 atom stereocenters. The van der Waals surface area contributed by atoms with E-state index in [1.807, 2.05) is 0 Å². The van der Waals surface area contributed by atoms with Crippen molar-refractivity contribution in [3.05, 3.63) is 17.7 Å². The molecular formula is C11H13N3. The molecule has 1 saturated carbocycles. The van der Waals surface area contributed by atoms with E-state index in [4.69, 9.17) is 5.26 Å². The molecule has 0 radical (unpaired) electrons. The highest BCUT2D eigenvalue weighted by molar-refractivity contribution is 5.33. The molecule has 1 aromatic heterocycles.